The number of nitrogens with one attached hydrogen (secondary N) is 1. The number of hydrogen-bond acceptors (Lipinski definition) is 5. The number of rotatable bonds is 6. The average molecular weight is 475 g/mol. The molecule has 0 unspecified atom stereocenters. The van der Waals surface area contributed by atoms with Gasteiger partial charge in [0.15, 0.2) is 0 Å². The van der Waals surface area contributed by atoms with Crippen LogP contribution in [0.5, 0.6) is 0 Å². The lowest BCUT2D eigenvalue weighted by molar-refractivity contribution is 0.102. The number of amides is 1. The molecule has 5 rings (SSSR count). The molecule has 0 aliphatic carbocycles. The van der Waals surface area contributed by atoms with Crippen LogP contribution in [0.25, 0.3) is 11.0 Å². The number of benzene rings is 2. The van der Waals surface area contributed by atoms with Gasteiger partial charge in [0.25, 0.3) is 5.91 Å². The van der Waals surface area contributed by atoms with Gasteiger partial charge in [-0.2, -0.15) is 0 Å². The third kappa shape index (κ3) is 4.76. The molecule has 0 bridgehead atoms. The van der Waals surface area contributed by atoms with E-state index in [-0.39, 0.29) is 5.91 Å². The summed E-state index contributed by atoms with van der Waals surface area (Å²) >= 11 is 6.16. The van der Waals surface area contributed by atoms with Crippen molar-refractivity contribution in [2.45, 2.75) is 6.42 Å². The Morgan fingerprint density at radius 3 is 2.59 bits per heavy atom. The van der Waals surface area contributed by atoms with E-state index < -0.39 is 0 Å². The first-order chi connectivity index (χ1) is 16.6. The molecule has 1 aliphatic heterocycles. The van der Waals surface area contributed by atoms with Crippen molar-refractivity contribution in [1.82, 2.24) is 19.4 Å². The fourth-order valence-electron chi connectivity index (χ4n) is 4.39. The first kappa shape index (κ1) is 22.4. The molecule has 1 aliphatic rings. The van der Waals surface area contributed by atoms with Crippen LogP contribution < -0.4 is 10.2 Å². The van der Waals surface area contributed by atoms with Crippen molar-refractivity contribution in [3.05, 3.63) is 83.3 Å². The van der Waals surface area contributed by atoms with Crippen LogP contribution in [0.4, 0.5) is 11.5 Å². The minimum atomic E-state index is -0.231. The number of hydrogen-bond donors (Lipinski definition) is 1. The van der Waals surface area contributed by atoms with E-state index in [1.165, 1.54) is 0 Å². The summed E-state index contributed by atoms with van der Waals surface area (Å²) in [6.45, 7) is 4.95. The summed E-state index contributed by atoms with van der Waals surface area (Å²) in [5.41, 5.74) is 3.07. The Labute approximate surface area is 204 Å². The highest BCUT2D eigenvalue weighted by molar-refractivity contribution is 6.34. The van der Waals surface area contributed by atoms with E-state index in [4.69, 9.17) is 16.6 Å². The van der Waals surface area contributed by atoms with Gasteiger partial charge < -0.3 is 14.8 Å². The summed E-state index contributed by atoms with van der Waals surface area (Å²) in [5, 5.41) is 3.36. The molecule has 1 amide bonds. The maximum absolute atomic E-state index is 12.6. The lowest BCUT2D eigenvalue weighted by Gasteiger charge is -2.35. The van der Waals surface area contributed by atoms with Crippen LogP contribution >= 0.6 is 11.6 Å². The van der Waals surface area contributed by atoms with Crippen LogP contribution in [0.3, 0.4) is 0 Å². The van der Waals surface area contributed by atoms with Gasteiger partial charge >= 0.3 is 0 Å². The Balaban J connectivity index is 1.21. The first-order valence-corrected chi connectivity index (χ1v) is 11.9. The third-order valence-electron chi connectivity index (χ3n) is 6.35. The fraction of sp³-hybridized carbons (Fsp3) is 0.269. The van der Waals surface area contributed by atoms with Crippen molar-refractivity contribution in [3.63, 3.8) is 0 Å². The molecule has 0 radical (unpaired) electrons. The SMILES string of the molecule is Cn1c(CCN2CCN(c3ccccn3)CC2)nc2cc(NC(=O)c3ccccc3Cl)ccc21. The second kappa shape index (κ2) is 9.83. The number of pyridine rings is 1. The number of anilines is 2. The maximum atomic E-state index is 12.6. The van der Waals surface area contributed by atoms with Crippen molar-refractivity contribution in [3.8, 4) is 0 Å². The van der Waals surface area contributed by atoms with Gasteiger partial charge in [-0.25, -0.2) is 9.97 Å². The molecule has 4 aromatic rings. The zero-order valence-electron chi connectivity index (χ0n) is 19.1. The summed E-state index contributed by atoms with van der Waals surface area (Å²) in [5.74, 6) is 1.86. The topological polar surface area (TPSA) is 66.3 Å². The van der Waals surface area contributed by atoms with Crippen LogP contribution in [0, 0.1) is 0 Å². The number of piperazine rings is 1. The van der Waals surface area contributed by atoms with Gasteiger partial charge in [0.05, 0.1) is 21.6 Å². The second-order valence-corrected chi connectivity index (χ2v) is 8.90. The standard InChI is InChI=1S/C26H27ClN6O/c1-31-23-10-9-19(29-26(34)20-6-2-3-7-21(20)27)18-22(23)30-25(31)11-13-32-14-16-33(17-15-32)24-8-4-5-12-28-24/h2-10,12,18H,11,13-17H2,1H3,(H,29,34). The van der Waals surface area contributed by atoms with E-state index in [2.05, 4.69) is 30.7 Å². The van der Waals surface area contributed by atoms with Gasteiger partial charge in [0.1, 0.15) is 11.6 Å². The smallest absolute Gasteiger partial charge is 0.257 e. The largest absolute Gasteiger partial charge is 0.354 e. The van der Waals surface area contributed by atoms with Crippen LogP contribution in [0.15, 0.2) is 66.9 Å². The van der Waals surface area contributed by atoms with Gasteiger partial charge in [0.2, 0.25) is 0 Å². The number of carbonyl (C=O) groups excluding carboxylic acids is 1. The summed E-state index contributed by atoms with van der Waals surface area (Å²) in [4.78, 5) is 26.7. The molecule has 1 fully saturated rings. The van der Waals surface area contributed by atoms with E-state index >= 15 is 0 Å². The van der Waals surface area contributed by atoms with Gasteiger partial charge in [0, 0.05) is 58.1 Å². The van der Waals surface area contributed by atoms with E-state index in [1.54, 1.807) is 24.3 Å². The predicted octanol–water partition coefficient (Wildman–Crippen LogP) is 4.24. The van der Waals surface area contributed by atoms with Crippen molar-refractivity contribution in [2.24, 2.45) is 7.05 Å². The molecule has 7 nitrogen and oxygen atoms in total. The number of carbonyl (C=O) groups is 1. The second-order valence-electron chi connectivity index (χ2n) is 8.49. The Morgan fingerprint density at radius 1 is 1.03 bits per heavy atom. The first-order valence-electron chi connectivity index (χ1n) is 11.5. The highest BCUT2D eigenvalue weighted by Crippen LogP contribution is 2.22. The Morgan fingerprint density at radius 2 is 1.82 bits per heavy atom. The maximum Gasteiger partial charge on any atom is 0.257 e. The number of halogens is 1. The molecule has 0 atom stereocenters. The normalized spacial score (nSPS) is 14.5. The monoisotopic (exact) mass is 474 g/mol. The van der Waals surface area contributed by atoms with Gasteiger partial charge in [-0.15, -0.1) is 0 Å². The van der Waals surface area contributed by atoms with Gasteiger partial charge in [-0.05, 0) is 42.5 Å². The molecule has 2 aromatic carbocycles. The van der Waals surface area contributed by atoms with Crippen molar-refractivity contribution in [1.29, 1.82) is 0 Å². The molecule has 1 saturated heterocycles. The molecule has 1 N–H and O–H groups in total. The highest BCUT2D eigenvalue weighted by Gasteiger charge is 2.19. The average Bonchev–Trinajstić information content (AvgIpc) is 3.18. The summed E-state index contributed by atoms with van der Waals surface area (Å²) in [7, 11) is 2.05. The predicted molar refractivity (Wildman–Crippen MR) is 137 cm³/mol. The highest BCUT2D eigenvalue weighted by atomic mass is 35.5. The number of fused-ring (bicyclic) bond motifs is 1. The fourth-order valence-corrected chi connectivity index (χ4v) is 4.62. The Hall–Kier alpha value is -3.42. The van der Waals surface area contributed by atoms with E-state index in [1.807, 2.05) is 43.6 Å². The zero-order chi connectivity index (χ0) is 23.5. The number of aryl methyl sites for hydroxylation is 1. The molecular weight excluding hydrogens is 448 g/mol. The lowest BCUT2D eigenvalue weighted by atomic mass is 10.2. The number of imidazole rings is 1. The minimum Gasteiger partial charge on any atom is -0.354 e. The minimum absolute atomic E-state index is 0.231. The Bertz CT molecular complexity index is 1300. The molecule has 8 heteroatoms. The molecular formula is C26H27ClN6O. The number of nitrogens with zero attached hydrogens (tertiary/aromatic N) is 5. The summed E-state index contributed by atoms with van der Waals surface area (Å²) < 4.78 is 2.14. The summed E-state index contributed by atoms with van der Waals surface area (Å²) in [6, 6.07) is 18.9. The van der Waals surface area contributed by atoms with Crippen molar-refractivity contribution in [2.75, 3.05) is 42.9 Å². The van der Waals surface area contributed by atoms with Gasteiger partial charge in [-0.3, -0.25) is 9.69 Å². The van der Waals surface area contributed by atoms with Crippen molar-refractivity contribution >= 4 is 40.0 Å². The number of aromatic nitrogens is 3. The lowest BCUT2D eigenvalue weighted by Crippen LogP contribution is -2.47. The quantitative estimate of drug-likeness (QED) is 0.453. The van der Waals surface area contributed by atoms with E-state index in [0.29, 0.717) is 16.3 Å². The molecule has 174 valence electrons. The van der Waals surface area contributed by atoms with Gasteiger partial charge in [-0.1, -0.05) is 29.8 Å². The molecule has 0 spiro atoms. The summed E-state index contributed by atoms with van der Waals surface area (Å²) in [6.07, 6.45) is 2.72. The zero-order valence-corrected chi connectivity index (χ0v) is 19.9. The van der Waals surface area contributed by atoms with E-state index in [0.717, 1.165) is 61.8 Å². The van der Waals surface area contributed by atoms with Crippen LogP contribution in [-0.4, -0.2) is 58.1 Å². The van der Waals surface area contributed by atoms with Crippen LogP contribution in [0.1, 0.15) is 16.2 Å². The molecule has 3 heterocycles. The van der Waals surface area contributed by atoms with Crippen LogP contribution in [0.2, 0.25) is 5.02 Å². The van der Waals surface area contributed by atoms with Crippen molar-refractivity contribution < 1.29 is 4.79 Å². The van der Waals surface area contributed by atoms with Crippen LogP contribution in [-0.2, 0) is 13.5 Å². The van der Waals surface area contributed by atoms with E-state index in [9.17, 15) is 4.79 Å². The third-order valence-corrected chi connectivity index (χ3v) is 6.68. The molecule has 34 heavy (non-hydrogen) atoms. The molecule has 2 aromatic heterocycles. The Kier molecular flexibility index (Phi) is 6.47. The molecule has 0 saturated carbocycles.